The van der Waals surface area contributed by atoms with Crippen LogP contribution in [-0.2, 0) is 14.3 Å². The lowest BCUT2D eigenvalue weighted by Crippen LogP contribution is -2.29. The molecule has 39 heavy (non-hydrogen) atoms. The molecule has 9 nitrogen and oxygen atoms in total. The second-order valence-electron chi connectivity index (χ2n) is 8.80. The van der Waals surface area contributed by atoms with Crippen molar-refractivity contribution in [3.8, 4) is 11.5 Å². The Kier molecular flexibility index (Phi) is 6.80. The molecule has 1 aliphatic heterocycles. The monoisotopic (exact) mass is 544 g/mol. The molecule has 0 saturated carbocycles. The van der Waals surface area contributed by atoms with E-state index in [-0.39, 0.29) is 16.5 Å². The van der Waals surface area contributed by atoms with E-state index in [0.29, 0.717) is 33.7 Å². The fourth-order valence-electron chi connectivity index (χ4n) is 4.57. The summed E-state index contributed by atoms with van der Waals surface area (Å²) < 4.78 is 16.2. The van der Waals surface area contributed by atoms with Crippen LogP contribution in [0.3, 0.4) is 0 Å². The van der Waals surface area contributed by atoms with E-state index < -0.39 is 23.7 Å². The van der Waals surface area contributed by atoms with E-state index in [2.05, 4.69) is 4.98 Å². The number of fused-ring (bicyclic) bond motifs is 1. The summed E-state index contributed by atoms with van der Waals surface area (Å²) in [6.45, 7) is 1.81. The molecule has 10 heteroatoms. The number of amides is 1. The molecule has 1 aromatic heterocycles. The number of ketones is 1. The highest BCUT2D eigenvalue weighted by Crippen LogP contribution is 2.45. The SMILES string of the molecule is COC(=O)c1ccc([C@H]2/C(=C(\O)c3ccc(OC)c(C)c3)C(=O)C(=O)N2c2nc3ccc(OC)cc3s2)cc1. The van der Waals surface area contributed by atoms with Gasteiger partial charge in [0.1, 0.15) is 17.3 Å². The van der Waals surface area contributed by atoms with Crippen molar-refractivity contribution in [1.29, 1.82) is 0 Å². The lowest BCUT2D eigenvalue weighted by Gasteiger charge is -2.23. The molecule has 0 unspecified atom stereocenters. The van der Waals surface area contributed by atoms with Crippen LogP contribution < -0.4 is 14.4 Å². The largest absolute Gasteiger partial charge is 0.507 e. The second-order valence-corrected chi connectivity index (χ2v) is 9.81. The van der Waals surface area contributed by atoms with E-state index in [1.165, 1.54) is 23.3 Å². The van der Waals surface area contributed by atoms with E-state index in [4.69, 9.17) is 14.2 Å². The average Bonchev–Trinajstić information content (AvgIpc) is 3.49. The number of hydrogen-bond acceptors (Lipinski definition) is 9. The first-order valence-electron chi connectivity index (χ1n) is 11.9. The quantitative estimate of drug-likeness (QED) is 0.155. The molecule has 1 atom stereocenters. The zero-order chi connectivity index (χ0) is 27.8. The van der Waals surface area contributed by atoms with Crippen molar-refractivity contribution in [2.45, 2.75) is 13.0 Å². The van der Waals surface area contributed by atoms with Gasteiger partial charge in [-0.3, -0.25) is 14.5 Å². The number of methoxy groups -OCH3 is 3. The van der Waals surface area contributed by atoms with Gasteiger partial charge in [-0.15, -0.1) is 0 Å². The zero-order valence-electron chi connectivity index (χ0n) is 21.6. The van der Waals surface area contributed by atoms with Crippen LogP contribution in [0.1, 0.15) is 33.1 Å². The Balaban J connectivity index is 1.70. The third kappa shape index (κ3) is 4.48. The minimum absolute atomic E-state index is 0.0905. The van der Waals surface area contributed by atoms with E-state index in [9.17, 15) is 19.5 Å². The summed E-state index contributed by atoms with van der Waals surface area (Å²) in [5, 5.41) is 11.7. The molecule has 0 spiro atoms. The van der Waals surface area contributed by atoms with Crippen molar-refractivity contribution >= 4 is 50.1 Å². The number of nitrogens with zero attached hydrogens (tertiary/aromatic N) is 2. The number of aromatic nitrogens is 1. The Morgan fingerprint density at radius 1 is 0.949 bits per heavy atom. The van der Waals surface area contributed by atoms with Crippen molar-refractivity contribution in [3.05, 3.63) is 88.5 Å². The zero-order valence-corrected chi connectivity index (χ0v) is 22.4. The molecule has 1 fully saturated rings. The molecule has 0 radical (unpaired) electrons. The smallest absolute Gasteiger partial charge is 0.337 e. The highest BCUT2D eigenvalue weighted by Gasteiger charge is 2.48. The number of esters is 1. The van der Waals surface area contributed by atoms with Gasteiger partial charge in [-0.25, -0.2) is 9.78 Å². The van der Waals surface area contributed by atoms with Crippen molar-refractivity contribution in [3.63, 3.8) is 0 Å². The summed E-state index contributed by atoms with van der Waals surface area (Å²) in [7, 11) is 4.38. The van der Waals surface area contributed by atoms with Crippen molar-refractivity contribution in [2.24, 2.45) is 0 Å². The molecule has 0 aliphatic carbocycles. The van der Waals surface area contributed by atoms with Crippen LogP contribution in [0.2, 0.25) is 0 Å². The van der Waals surface area contributed by atoms with Crippen molar-refractivity contribution in [2.75, 3.05) is 26.2 Å². The number of Topliss-reactive ketones (excluding diaryl/α,β-unsaturated/α-hetero) is 1. The standard InChI is InChI=1S/C29H24N2O7S/c1-15-13-18(9-12-21(15)37-3)25(32)23-24(16-5-7-17(8-6-16)28(35)38-4)31(27(34)26(23)33)29-30-20-11-10-19(36-2)14-22(20)39-29/h5-14,24,32H,1-4H3/b25-23+/t24-/m0/s1. The number of aliphatic hydroxyl groups excluding tert-OH is 1. The Hall–Kier alpha value is -4.70. The number of hydrogen-bond donors (Lipinski definition) is 1. The number of anilines is 1. The number of aliphatic hydroxyl groups is 1. The molecule has 1 aliphatic rings. The lowest BCUT2D eigenvalue weighted by atomic mass is 9.94. The first kappa shape index (κ1) is 25.9. The Bertz CT molecular complexity index is 1660. The van der Waals surface area contributed by atoms with Gasteiger partial charge in [0.2, 0.25) is 0 Å². The maximum absolute atomic E-state index is 13.5. The number of benzene rings is 3. The third-order valence-corrected chi connectivity index (χ3v) is 7.57. The first-order chi connectivity index (χ1) is 18.8. The normalized spacial score (nSPS) is 16.5. The number of carbonyl (C=O) groups is 3. The van der Waals surface area contributed by atoms with Crippen LogP contribution in [0, 0.1) is 6.92 Å². The molecular weight excluding hydrogens is 520 g/mol. The van der Waals surface area contributed by atoms with Crippen molar-refractivity contribution < 1.29 is 33.7 Å². The molecule has 1 saturated heterocycles. The van der Waals surface area contributed by atoms with Gasteiger partial charge < -0.3 is 19.3 Å². The topological polar surface area (TPSA) is 115 Å². The van der Waals surface area contributed by atoms with Crippen LogP contribution in [-0.4, -0.2) is 49.1 Å². The van der Waals surface area contributed by atoms with Gasteiger partial charge in [0.25, 0.3) is 5.78 Å². The maximum Gasteiger partial charge on any atom is 0.337 e. The van der Waals surface area contributed by atoms with E-state index >= 15 is 0 Å². The molecular formula is C29H24N2O7S. The molecule has 1 N–H and O–H groups in total. The summed E-state index contributed by atoms with van der Waals surface area (Å²) in [6, 6.07) is 15.6. The highest BCUT2D eigenvalue weighted by atomic mass is 32.1. The molecule has 198 valence electrons. The van der Waals surface area contributed by atoms with E-state index in [1.807, 2.05) is 6.92 Å². The van der Waals surface area contributed by atoms with Gasteiger partial charge in [0, 0.05) is 5.56 Å². The second kappa shape index (κ2) is 10.2. The molecule has 1 amide bonds. The number of aryl methyl sites for hydroxylation is 1. The van der Waals surface area contributed by atoms with Gasteiger partial charge in [-0.2, -0.15) is 0 Å². The molecule has 0 bridgehead atoms. The Labute approximate surface area is 227 Å². The van der Waals surface area contributed by atoms with Crippen LogP contribution in [0.25, 0.3) is 16.0 Å². The van der Waals surface area contributed by atoms with Gasteiger partial charge in [-0.1, -0.05) is 23.5 Å². The predicted octanol–water partition coefficient (Wildman–Crippen LogP) is 5.03. The first-order valence-corrected chi connectivity index (χ1v) is 12.7. The predicted molar refractivity (Wildman–Crippen MR) is 146 cm³/mol. The Morgan fingerprint density at radius 3 is 2.31 bits per heavy atom. The maximum atomic E-state index is 13.5. The summed E-state index contributed by atoms with van der Waals surface area (Å²) in [4.78, 5) is 44.9. The number of rotatable bonds is 6. The molecule has 2 heterocycles. The number of carbonyl (C=O) groups excluding carboxylic acids is 3. The summed E-state index contributed by atoms with van der Waals surface area (Å²) in [6.07, 6.45) is 0. The highest BCUT2D eigenvalue weighted by molar-refractivity contribution is 7.22. The third-order valence-electron chi connectivity index (χ3n) is 6.55. The van der Waals surface area contributed by atoms with E-state index in [0.717, 1.165) is 10.3 Å². The number of thiazole rings is 1. The van der Waals surface area contributed by atoms with E-state index in [1.54, 1.807) is 74.9 Å². The minimum atomic E-state index is -0.999. The minimum Gasteiger partial charge on any atom is -0.507 e. The van der Waals surface area contributed by atoms with Gasteiger partial charge in [0.05, 0.1) is 48.7 Å². The van der Waals surface area contributed by atoms with Crippen LogP contribution in [0.5, 0.6) is 11.5 Å². The molecule has 4 aromatic rings. The van der Waals surface area contributed by atoms with Gasteiger partial charge in [0.15, 0.2) is 5.13 Å². The average molecular weight is 545 g/mol. The van der Waals surface area contributed by atoms with Gasteiger partial charge >= 0.3 is 11.9 Å². The molecule has 3 aromatic carbocycles. The number of ether oxygens (including phenoxy) is 3. The summed E-state index contributed by atoms with van der Waals surface area (Å²) in [5.41, 5.74) is 2.45. The van der Waals surface area contributed by atoms with Gasteiger partial charge in [-0.05, 0) is 66.6 Å². The lowest BCUT2D eigenvalue weighted by molar-refractivity contribution is -0.132. The fourth-order valence-corrected chi connectivity index (χ4v) is 5.59. The van der Waals surface area contributed by atoms with Crippen LogP contribution >= 0.6 is 11.3 Å². The van der Waals surface area contributed by atoms with Crippen molar-refractivity contribution in [1.82, 2.24) is 4.98 Å². The van der Waals surface area contributed by atoms with Crippen LogP contribution in [0.4, 0.5) is 5.13 Å². The fraction of sp³-hybridized carbons (Fsp3) is 0.172. The molecule has 5 rings (SSSR count). The summed E-state index contributed by atoms with van der Waals surface area (Å²) >= 11 is 1.22. The summed E-state index contributed by atoms with van der Waals surface area (Å²) in [5.74, 6) is -1.28. The van der Waals surface area contributed by atoms with Crippen LogP contribution in [0.15, 0.2) is 66.2 Å². The Morgan fingerprint density at radius 2 is 1.67 bits per heavy atom.